The van der Waals surface area contributed by atoms with E-state index in [9.17, 15) is 9.90 Å². The van der Waals surface area contributed by atoms with Crippen LogP contribution in [0.1, 0.15) is 30.9 Å². The summed E-state index contributed by atoms with van der Waals surface area (Å²) in [5.74, 6) is 0.675. The van der Waals surface area contributed by atoms with Crippen LogP contribution in [0.15, 0.2) is 24.3 Å². The van der Waals surface area contributed by atoms with Crippen LogP contribution >= 0.6 is 12.4 Å². The number of methoxy groups -OCH3 is 1. The molecule has 0 spiro atoms. The van der Waals surface area contributed by atoms with Crippen molar-refractivity contribution in [3.05, 3.63) is 29.8 Å². The number of halogens is 1. The van der Waals surface area contributed by atoms with Crippen LogP contribution in [0.5, 0.6) is 5.75 Å². The molecule has 0 aromatic heterocycles. The molecule has 0 bridgehead atoms. The molecule has 1 saturated heterocycles. The third-order valence-electron chi connectivity index (χ3n) is 3.57. The number of carbonyl (C=O) groups is 1. The van der Waals surface area contributed by atoms with Gasteiger partial charge in [-0.2, -0.15) is 0 Å². The fourth-order valence-corrected chi connectivity index (χ4v) is 2.40. The Morgan fingerprint density at radius 3 is 3.05 bits per heavy atom. The zero-order chi connectivity index (χ0) is 14.4. The first-order chi connectivity index (χ1) is 9.69. The quantitative estimate of drug-likeness (QED) is 0.742. The van der Waals surface area contributed by atoms with E-state index in [0.717, 1.165) is 24.9 Å². The summed E-state index contributed by atoms with van der Waals surface area (Å²) in [5.41, 5.74) is 0.739. The first kappa shape index (κ1) is 17.8. The highest BCUT2D eigenvalue weighted by molar-refractivity contribution is 5.85. The topological polar surface area (TPSA) is 70.6 Å². The molecule has 5 nitrogen and oxygen atoms in total. The predicted octanol–water partition coefficient (Wildman–Crippen LogP) is 1.41. The number of hydrogen-bond donors (Lipinski definition) is 3. The van der Waals surface area contributed by atoms with E-state index in [0.29, 0.717) is 12.2 Å². The van der Waals surface area contributed by atoms with Crippen molar-refractivity contribution in [1.82, 2.24) is 10.6 Å². The van der Waals surface area contributed by atoms with Gasteiger partial charge in [-0.15, -0.1) is 12.4 Å². The monoisotopic (exact) mass is 314 g/mol. The molecule has 1 aromatic rings. The molecule has 1 amide bonds. The fourth-order valence-electron chi connectivity index (χ4n) is 2.40. The van der Waals surface area contributed by atoms with Gasteiger partial charge in [-0.1, -0.05) is 12.1 Å². The van der Waals surface area contributed by atoms with Crippen LogP contribution in [-0.4, -0.2) is 37.3 Å². The first-order valence-corrected chi connectivity index (χ1v) is 7.01. The molecule has 1 aromatic carbocycles. The number of amides is 1. The van der Waals surface area contributed by atoms with Crippen molar-refractivity contribution in [3.63, 3.8) is 0 Å². The van der Waals surface area contributed by atoms with Gasteiger partial charge in [0.2, 0.25) is 5.91 Å². The van der Waals surface area contributed by atoms with Gasteiger partial charge < -0.3 is 20.5 Å². The summed E-state index contributed by atoms with van der Waals surface area (Å²) >= 11 is 0. The van der Waals surface area contributed by atoms with E-state index in [2.05, 4.69) is 10.6 Å². The zero-order valence-electron chi connectivity index (χ0n) is 12.2. The van der Waals surface area contributed by atoms with Crippen molar-refractivity contribution in [2.24, 2.45) is 0 Å². The molecule has 118 valence electrons. The lowest BCUT2D eigenvalue weighted by molar-refractivity contribution is -0.122. The molecule has 3 N–H and O–H groups in total. The Balaban J connectivity index is 0.00000220. The van der Waals surface area contributed by atoms with Gasteiger partial charge in [-0.25, -0.2) is 0 Å². The minimum Gasteiger partial charge on any atom is -0.497 e. The lowest BCUT2D eigenvalue weighted by Crippen LogP contribution is -2.34. The normalized spacial score (nSPS) is 18.7. The van der Waals surface area contributed by atoms with Crippen molar-refractivity contribution in [2.75, 3.05) is 20.2 Å². The Bertz CT molecular complexity index is 450. The standard InChI is InChI=1S/C15H22N2O3.ClH/c1-20-13-6-2-4-11(8-13)14(18)10-17-15(19)9-12-5-3-7-16-12;/h2,4,6,8,12,14,16,18H,3,5,7,9-10H2,1H3,(H,17,19);1H. The van der Waals surface area contributed by atoms with E-state index in [4.69, 9.17) is 4.74 Å². The second-order valence-corrected chi connectivity index (χ2v) is 5.09. The summed E-state index contributed by atoms with van der Waals surface area (Å²) in [5, 5.41) is 16.1. The summed E-state index contributed by atoms with van der Waals surface area (Å²) < 4.78 is 5.11. The number of carbonyl (C=O) groups excluding carboxylic acids is 1. The van der Waals surface area contributed by atoms with Crippen molar-refractivity contribution < 1.29 is 14.6 Å². The maximum atomic E-state index is 11.8. The summed E-state index contributed by atoms with van der Waals surface area (Å²) in [6.45, 7) is 1.21. The third-order valence-corrected chi connectivity index (χ3v) is 3.57. The fraction of sp³-hybridized carbons (Fsp3) is 0.533. The Morgan fingerprint density at radius 2 is 2.38 bits per heavy atom. The predicted molar refractivity (Wildman–Crippen MR) is 83.9 cm³/mol. The number of aliphatic hydroxyl groups excluding tert-OH is 1. The van der Waals surface area contributed by atoms with E-state index in [-0.39, 0.29) is 30.9 Å². The number of hydrogen-bond acceptors (Lipinski definition) is 4. The van der Waals surface area contributed by atoms with Gasteiger partial charge in [0.05, 0.1) is 13.2 Å². The molecule has 1 heterocycles. The Kier molecular flexibility index (Phi) is 7.50. The summed E-state index contributed by atoms with van der Waals surface area (Å²) in [6.07, 6.45) is 1.94. The Morgan fingerprint density at radius 1 is 1.57 bits per heavy atom. The van der Waals surface area contributed by atoms with Crippen LogP contribution in [0.4, 0.5) is 0 Å². The van der Waals surface area contributed by atoms with E-state index >= 15 is 0 Å². The van der Waals surface area contributed by atoms with Gasteiger partial charge in [0.1, 0.15) is 5.75 Å². The summed E-state index contributed by atoms with van der Waals surface area (Å²) in [7, 11) is 1.59. The average molecular weight is 315 g/mol. The van der Waals surface area contributed by atoms with Crippen molar-refractivity contribution in [1.29, 1.82) is 0 Å². The molecule has 6 heteroatoms. The Hall–Kier alpha value is -1.30. The van der Waals surface area contributed by atoms with E-state index in [1.165, 1.54) is 0 Å². The molecular formula is C15H23ClN2O3. The highest BCUT2D eigenvalue weighted by Crippen LogP contribution is 2.18. The molecule has 1 fully saturated rings. The molecule has 1 aliphatic heterocycles. The SMILES string of the molecule is COc1cccc(C(O)CNC(=O)CC2CCCN2)c1.Cl. The molecule has 0 radical (unpaired) electrons. The lowest BCUT2D eigenvalue weighted by atomic mass is 10.1. The van der Waals surface area contributed by atoms with E-state index in [1.807, 2.05) is 18.2 Å². The average Bonchev–Trinajstić information content (AvgIpc) is 2.97. The van der Waals surface area contributed by atoms with Crippen LogP contribution in [0, 0.1) is 0 Å². The Labute approximate surface area is 131 Å². The summed E-state index contributed by atoms with van der Waals surface area (Å²) in [6, 6.07) is 7.51. The van der Waals surface area contributed by atoms with Gasteiger partial charge in [0.15, 0.2) is 0 Å². The van der Waals surface area contributed by atoms with Crippen molar-refractivity contribution in [3.8, 4) is 5.75 Å². The largest absolute Gasteiger partial charge is 0.497 e. The van der Waals surface area contributed by atoms with Gasteiger partial charge in [-0.05, 0) is 37.1 Å². The maximum absolute atomic E-state index is 11.8. The van der Waals surface area contributed by atoms with Crippen molar-refractivity contribution >= 4 is 18.3 Å². The molecule has 21 heavy (non-hydrogen) atoms. The highest BCUT2D eigenvalue weighted by Gasteiger charge is 2.18. The molecule has 0 aliphatic carbocycles. The molecule has 2 atom stereocenters. The molecule has 2 rings (SSSR count). The number of rotatable bonds is 6. The summed E-state index contributed by atoms with van der Waals surface area (Å²) in [4.78, 5) is 11.8. The van der Waals surface area contributed by atoms with Crippen molar-refractivity contribution in [2.45, 2.75) is 31.4 Å². The van der Waals surface area contributed by atoms with Crippen LogP contribution in [0.3, 0.4) is 0 Å². The van der Waals surface area contributed by atoms with E-state index in [1.54, 1.807) is 13.2 Å². The lowest BCUT2D eigenvalue weighted by Gasteiger charge is -2.14. The first-order valence-electron chi connectivity index (χ1n) is 7.01. The smallest absolute Gasteiger partial charge is 0.221 e. The van der Waals surface area contributed by atoms with Crippen LogP contribution in [0.2, 0.25) is 0 Å². The highest BCUT2D eigenvalue weighted by atomic mass is 35.5. The van der Waals surface area contributed by atoms with Gasteiger partial charge >= 0.3 is 0 Å². The number of nitrogens with one attached hydrogen (secondary N) is 2. The molecule has 0 saturated carbocycles. The van der Waals surface area contributed by atoms with Crippen LogP contribution in [-0.2, 0) is 4.79 Å². The molecular weight excluding hydrogens is 292 g/mol. The van der Waals surface area contributed by atoms with Gasteiger partial charge in [0.25, 0.3) is 0 Å². The van der Waals surface area contributed by atoms with Gasteiger partial charge in [0, 0.05) is 19.0 Å². The second-order valence-electron chi connectivity index (χ2n) is 5.09. The van der Waals surface area contributed by atoms with Crippen LogP contribution < -0.4 is 15.4 Å². The molecule has 1 aliphatic rings. The van der Waals surface area contributed by atoms with Crippen LogP contribution in [0.25, 0.3) is 0 Å². The number of ether oxygens (including phenoxy) is 1. The van der Waals surface area contributed by atoms with Gasteiger partial charge in [-0.3, -0.25) is 4.79 Å². The zero-order valence-corrected chi connectivity index (χ0v) is 13.0. The molecule has 2 unspecified atom stereocenters. The maximum Gasteiger partial charge on any atom is 0.221 e. The van der Waals surface area contributed by atoms with E-state index < -0.39 is 6.10 Å². The minimum absolute atomic E-state index is 0. The number of benzene rings is 1. The number of aliphatic hydroxyl groups is 1. The third kappa shape index (κ3) is 5.53. The second kappa shape index (κ2) is 8.87. The minimum atomic E-state index is -0.717.